The molecule has 24 heavy (non-hydrogen) atoms. The zero-order valence-corrected chi connectivity index (χ0v) is 15.1. The van der Waals surface area contributed by atoms with Gasteiger partial charge in [0, 0.05) is 32.1 Å². The Morgan fingerprint density at radius 1 is 1.38 bits per heavy atom. The van der Waals surface area contributed by atoms with Gasteiger partial charge in [0.2, 0.25) is 5.82 Å². The average molecular weight is 368 g/mol. The molecule has 0 aliphatic carbocycles. The van der Waals surface area contributed by atoms with Crippen molar-refractivity contribution in [3.05, 3.63) is 39.9 Å². The fraction of sp³-hybridized carbons (Fsp3) is 0.438. The first-order valence-corrected chi connectivity index (χ1v) is 8.69. The van der Waals surface area contributed by atoms with Crippen LogP contribution >= 0.6 is 23.2 Å². The second kappa shape index (κ2) is 7.09. The highest BCUT2D eigenvalue weighted by Crippen LogP contribution is 2.28. The molecule has 1 unspecified atom stereocenters. The van der Waals surface area contributed by atoms with E-state index in [9.17, 15) is 4.79 Å². The van der Waals surface area contributed by atoms with Gasteiger partial charge in [0.15, 0.2) is 0 Å². The molecule has 1 amide bonds. The second-order valence-corrected chi connectivity index (χ2v) is 6.61. The van der Waals surface area contributed by atoms with Crippen molar-refractivity contribution in [3.8, 4) is 5.69 Å². The van der Waals surface area contributed by atoms with Crippen LogP contribution in [0.1, 0.15) is 30.3 Å². The summed E-state index contributed by atoms with van der Waals surface area (Å²) in [4.78, 5) is 18.9. The SMILES string of the molecule is CCc1nc(C(=O)N2CCNC(C)C2)nn1-c1c(Cl)cccc1Cl. The van der Waals surface area contributed by atoms with E-state index in [1.807, 2.05) is 13.8 Å². The number of aromatic nitrogens is 3. The molecule has 1 aliphatic heterocycles. The summed E-state index contributed by atoms with van der Waals surface area (Å²) in [6.07, 6.45) is 0.611. The Bertz CT molecular complexity index is 741. The lowest BCUT2D eigenvalue weighted by molar-refractivity contribution is 0.0696. The van der Waals surface area contributed by atoms with E-state index in [1.54, 1.807) is 27.8 Å². The van der Waals surface area contributed by atoms with Crippen molar-refractivity contribution in [3.63, 3.8) is 0 Å². The van der Waals surface area contributed by atoms with Crippen LogP contribution in [0.5, 0.6) is 0 Å². The van der Waals surface area contributed by atoms with Gasteiger partial charge in [-0.3, -0.25) is 4.79 Å². The minimum absolute atomic E-state index is 0.167. The van der Waals surface area contributed by atoms with Gasteiger partial charge in [-0.05, 0) is 19.1 Å². The molecule has 1 N–H and O–H groups in total. The van der Waals surface area contributed by atoms with Crippen LogP contribution in [-0.4, -0.2) is 51.2 Å². The van der Waals surface area contributed by atoms with Crippen molar-refractivity contribution in [2.45, 2.75) is 26.3 Å². The van der Waals surface area contributed by atoms with E-state index in [4.69, 9.17) is 23.2 Å². The van der Waals surface area contributed by atoms with Crippen LogP contribution in [0, 0.1) is 0 Å². The fourth-order valence-corrected chi connectivity index (χ4v) is 3.35. The molecule has 1 aliphatic rings. The number of aryl methyl sites for hydroxylation is 1. The summed E-state index contributed by atoms with van der Waals surface area (Å²) in [5.74, 6) is 0.661. The van der Waals surface area contributed by atoms with Gasteiger partial charge in [-0.2, -0.15) is 0 Å². The van der Waals surface area contributed by atoms with Gasteiger partial charge >= 0.3 is 0 Å². The average Bonchev–Trinajstić information content (AvgIpc) is 2.98. The maximum absolute atomic E-state index is 12.7. The summed E-state index contributed by atoms with van der Waals surface area (Å²) in [6, 6.07) is 5.51. The van der Waals surface area contributed by atoms with Crippen LogP contribution in [0.15, 0.2) is 18.2 Å². The summed E-state index contributed by atoms with van der Waals surface area (Å²) in [6.45, 7) is 6.05. The molecule has 0 spiro atoms. The number of amides is 1. The minimum Gasteiger partial charge on any atom is -0.333 e. The molecule has 3 rings (SSSR count). The predicted octanol–water partition coefficient (Wildman–Crippen LogP) is 2.57. The number of nitrogens with zero attached hydrogens (tertiary/aromatic N) is 4. The summed E-state index contributed by atoms with van der Waals surface area (Å²) in [5, 5.41) is 8.65. The molecule has 1 saturated heterocycles. The van der Waals surface area contributed by atoms with E-state index in [2.05, 4.69) is 15.4 Å². The fourth-order valence-electron chi connectivity index (χ4n) is 2.79. The molecule has 1 atom stereocenters. The molecule has 128 valence electrons. The van der Waals surface area contributed by atoms with Gasteiger partial charge in [-0.25, -0.2) is 9.67 Å². The lowest BCUT2D eigenvalue weighted by Crippen LogP contribution is -2.51. The van der Waals surface area contributed by atoms with E-state index in [-0.39, 0.29) is 17.8 Å². The Morgan fingerprint density at radius 2 is 2.08 bits per heavy atom. The lowest BCUT2D eigenvalue weighted by atomic mass is 10.2. The molecular formula is C16H19Cl2N5O. The Balaban J connectivity index is 1.97. The van der Waals surface area contributed by atoms with Gasteiger partial charge in [-0.1, -0.05) is 36.2 Å². The number of para-hydroxylation sites is 1. The predicted molar refractivity (Wildman–Crippen MR) is 94.1 cm³/mol. The Labute approximate surface area is 150 Å². The van der Waals surface area contributed by atoms with Crippen molar-refractivity contribution < 1.29 is 4.79 Å². The van der Waals surface area contributed by atoms with Crippen molar-refractivity contribution in [1.82, 2.24) is 25.0 Å². The normalized spacial score (nSPS) is 18.0. The molecule has 2 aromatic rings. The highest BCUT2D eigenvalue weighted by atomic mass is 35.5. The molecule has 2 heterocycles. The maximum atomic E-state index is 12.7. The van der Waals surface area contributed by atoms with Crippen LogP contribution in [0.25, 0.3) is 5.69 Å². The lowest BCUT2D eigenvalue weighted by Gasteiger charge is -2.31. The molecule has 1 fully saturated rings. The van der Waals surface area contributed by atoms with Crippen molar-refractivity contribution in [2.75, 3.05) is 19.6 Å². The molecule has 0 radical (unpaired) electrons. The van der Waals surface area contributed by atoms with Gasteiger partial charge in [0.05, 0.1) is 10.0 Å². The number of halogens is 2. The first kappa shape index (κ1) is 17.2. The maximum Gasteiger partial charge on any atom is 0.293 e. The van der Waals surface area contributed by atoms with Crippen molar-refractivity contribution in [1.29, 1.82) is 0 Å². The topological polar surface area (TPSA) is 63.1 Å². The van der Waals surface area contributed by atoms with Gasteiger partial charge in [0.1, 0.15) is 11.5 Å². The van der Waals surface area contributed by atoms with Crippen LogP contribution < -0.4 is 5.32 Å². The molecule has 1 aromatic heterocycles. The Morgan fingerprint density at radius 3 is 2.71 bits per heavy atom. The minimum atomic E-state index is -0.167. The number of nitrogens with one attached hydrogen (secondary N) is 1. The molecule has 1 aromatic carbocycles. The van der Waals surface area contributed by atoms with Gasteiger partial charge in [0.25, 0.3) is 5.91 Å². The monoisotopic (exact) mass is 367 g/mol. The molecule has 0 saturated carbocycles. The van der Waals surface area contributed by atoms with E-state index in [0.717, 1.165) is 6.54 Å². The van der Waals surface area contributed by atoms with E-state index in [0.29, 0.717) is 41.1 Å². The third kappa shape index (κ3) is 3.27. The third-order valence-electron chi connectivity index (χ3n) is 3.99. The number of carbonyl (C=O) groups is 1. The van der Waals surface area contributed by atoms with E-state index < -0.39 is 0 Å². The number of hydrogen-bond donors (Lipinski definition) is 1. The summed E-state index contributed by atoms with van der Waals surface area (Å²) >= 11 is 12.5. The molecule has 6 nitrogen and oxygen atoms in total. The van der Waals surface area contributed by atoms with E-state index in [1.165, 1.54) is 0 Å². The number of piperazine rings is 1. The summed E-state index contributed by atoms with van der Waals surface area (Å²) in [5.41, 5.74) is 0.554. The van der Waals surface area contributed by atoms with Crippen LogP contribution in [-0.2, 0) is 6.42 Å². The number of rotatable bonds is 3. The van der Waals surface area contributed by atoms with Gasteiger partial charge in [-0.15, -0.1) is 5.10 Å². The smallest absolute Gasteiger partial charge is 0.293 e. The number of benzene rings is 1. The number of carbonyl (C=O) groups excluding carboxylic acids is 1. The van der Waals surface area contributed by atoms with Crippen molar-refractivity contribution in [2.24, 2.45) is 0 Å². The highest BCUT2D eigenvalue weighted by molar-refractivity contribution is 6.37. The Hall–Kier alpha value is -1.63. The zero-order chi connectivity index (χ0) is 17.3. The molecule has 0 bridgehead atoms. The summed E-state index contributed by atoms with van der Waals surface area (Å²) < 4.78 is 1.57. The summed E-state index contributed by atoms with van der Waals surface area (Å²) in [7, 11) is 0. The number of hydrogen-bond acceptors (Lipinski definition) is 4. The van der Waals surface area contributed by atoms with Crippen LogP contribution in [0.4, 0.5) is 0 Å². The molecular weight excluding hydrogens is 349 g/mol. The third-order valence-corrected chi connectivity index (χ3v) is 4.60. The highest BCUT2D eigenvalue weighted by Gasteiger charge is 2.26. The largest absolute Gasteiger partial charge is 0.333 e. The van der Waals surface area contributed by atoms with E-state index >= 15 is 0 Å². The second-order valence-electron chi connectivity index (χ2n) is 5.79. The van der Waals surface area contributed by atoms with Crippen molar-refractivity contribution >= 4 is 29.1 Å². The van der Waals surface area contributed by atoms with Crippen LogP contribution in [0.2, 0.25) is 10.0 Å². The van der Waals surface area contributed by atoms with Gasteiger partial charge < -0.3 is 10.2 Å². The first-order chi connectivity index (χ1) is 11.5. The van der Waals surface area contributed by atoms with Crippen LogP contribution in [0.3, 0.4) is 0 Å². The zero-order valence-electron chi connectivity index (χ0n) is 13.6. The molecule has 8 heteroatoms. The standard InChI is InChI=1S/C16H19Cl2N5O/c1-3-13-20-15(16(24)22-8-7-19-10(2)9-22)21-23(13)14-11(17)5-4-6-12(14)18/h4-6,10,19H,3,7-9H2,1-2H3. The first-order valence-electron chi connectivity index (χ1n) is 7.94. The Kier molecular flexibility index (Phi) is 5.08. The quantitative estimate of drug-likeness (QED) is 0.905.